The maximum Gasteiger partial charge on any atom is 0.302 e. The second-order valence-corrected chi connectivity index (χ2v) is 8.53. The fourth-order valence-corrected chi connectivity index (χ4v) is 4.72. The highest BCUT2D eigenvalue weighted by molar-refractivity contribution is 5.86. The molecular weight excluding hydrogens is 405 g/mol. The molecule has 0 aromatic heterocycles. The van der Waals surface area contributed by atoms with E-state index in [1.54, 1.807) is 6.07 Å². The van der Waals surface area contributed by atoms with Gasteiger partial charge in [0.15, 0.2) is 0 Å². The zero-order valence-electron chi connectivity index (χ0n) is 18.6. The van der Waals surface area contributed by atoms with Gasteiger partial charge >= 0.3 is 5.97 Å². The van der Waals surface area contributed by atoms with Crippen molar-refractivity contribution in [1.82, 2.24) is 5.32 Å². The first-order valence-corrected chi connectivity index (χ1v) is 11.3. The summed E-state index contributed by atoms with van der Waals surface area (Å²) in [5.74, 6) is 0.830. The topological polar surface area (TPSA) is 47.6 Å². The number of carbonyl (C=O) groups is 1. The Morgan fingerprint density at radius 2 is 1.78 bits per heavy atom. The second kappa shape index (κ2) is 10.1. The zero-order chi connectivity index (χ0) is 22.5. The van der Waals surface area contributed by atoms with E-state index in [2.05, 4.69) is 24.4 Å². The van der Waals surface area contributed by atoms with Crippen LogP contribution in [0.5, 0.6) is 5.75 Å². The molecule has 168 valence electrons. The molecule has 1 fully saturated rings. The van der Waals surface area contributed by atoms with Gasteiger partial charge in [-0.2, -0.15) is 0 Å². The molecule has 0 aliphatic heterocycles. The van der Waals surface area contributed by atoms with E-state index in [9.17, 15) is 9.18 Å². The Morgan fingerprint density at radius 1 is 1.03 bits per heavy atom. The first-order valence-electron chi connectivity index (χ1n) is 11.3. The smallest absolute Gasteiger partial charge is 0.302 e. The summed E-state index contributed by atoms with van der Waals surface area (Å²) in [6.45, 7) is 4.16. The van der Waals surface area contributed by atoms with Crippen LogP contribution >= 0.6 is 0 Å². The molecule has 32 heavy (non-hydrogen) atoms. The van der Waals surface area contributed by atoms with Gasteiger partial charge in [0.2, 0.25) is 0 Å². The van der Waals surface area contributed by atoms with Gasteiger partial charge in [-0.3, -0.25) is 4.79 Å². The van der Waals surface area contributed by atoms with E-state index < -0.39 is 0 Å². The SMILES string of the molecule is CC(=O)OCCOc1ccc([C@@H]2CC[C@H](N[C@H](C)c3ccc(F)c4ccccc34)C2)cc1. The molecule has 0 heterocycles. The lowest BCUT2D eigenvalue weighted by Gasteiger charge is -2.22. The van der Waals surface area contributed by atoms with Gasteiger partial charge in [0, 0.05) is 24.4 Å². The van der Waals surface area contributed by atoms with Crippen molar-refractivity contribution in [3.05, 3.63) is 77.6 Å². The van der Waals surface area contributed by atoms with Crippen LogP contribution in [0.3, 0.4) is 0 Å². The molecular formula is C27H30FNO3. The highest BCUT2D eigenvalue weighted by Gasteiger charge is 2.27. The van der Waals surface area contributed by atoms with Gasteiger partial charge in [-0.1, -0.05) is 42.5 Å². The molecule has 0 unspecified atom stereocenters. The molecule has 3 atom stereocenters. The largest absolute Gasteiger partial charge is 0.490 e. The number of hydrogen-bond acceptors (Lipinski definition) is 4. The van der Waals surface area contributed by atoms with Crippen LogP contribution in [0.25, 0.3) is 10.8 Å². The van der Waals surface area contributed by atoms with Crippen molar-refractivity contribution in [3.8, 4) is 5.75 Å². The maximum absolute atomic E-state index is 14.2. The Bertz CT molecular complexity index is 1070. The van der Waals surface area contributed by atoms with Gasteiger partial charge in [0.05, 0.1) is 0 Å². The summed E-state index contributed by atoms with van der Waals surface area (Å²) >= 11 is 0. The fraction of sp³-hybridized carbons (Fsp3) is 0.370. The Hall–Kier alpha value is -2.92. The fourth-order valence-electron chi connectivity index (χ4n) is 4.72. The summed E-state index contributed by atoms with van der Waals surface area (Å²) in [5.41, 5.74) is 2.46. The summed E-state index contributed by atoms with van der Waals surface area (Å²) in [6.07, 6.45) is 3.34. The Kier molecular flexibility index (Phi) is 7.05. The first kappa shape index (κ1) is 22.3. The Labute approximate surface area is 188 Å². The third-order valence-electron chi connectivity index (χ3n) is 6.30. The number of benzene rings is 3. The molecule has 4 nitrogen and oxygen atoms in total. The summed E-state index contributed by atoms with van der Waals surface area (Å²) in [7, 11) is 0. The van der Waals surface area contributed by atoms with Gasteiger partial charge in [0.1, 0.15) is 24.8 Å². The molecule has 3 aromatic carbocycles. The maximum atomic E-state index is 14.2. The summed E-state index contributed by atoms with van der Waals surface area (Å²) in [4.78, 5) is 10.8. The van der Waals surface area contributed by atoms with Crippen molar-refractivity contribution in [3.63, 3.8) is 0 Å². The average Bonchev–Trinajstić information content (AvgIpc) is 3.26. The molecule has 4 rings (SSSR count). The minimum atomic E-state index is -0.296. The van der Waals surface area contributed by atoms with Crippen molar-refractivity contribution in [1.29, 1.82) is 0 Å². The number of ether oxygens (including phenoxy) is 2. The third kappa shape index (κ3) is 5.28. The van der Waals surface area contributed by atoms with Crippen LogP contribution in [-0.4, -0.2) is 25.2 Å². The summed E-state index contributed by atoms with van der Waals surface area (Å²) < 4.78 is 24.7. The zero-order valence-corrected chi connectivity index (χ0v) is 18.6. The lowest BCUT2D eigenvalue weighted by molar-refractivity contribution is -0.141. The van der Waals surface area contributed by atoms with Crippen molar-refractivity contribution in [2.24, 2.45) is 0 Å². The van der Waals surface area contributed by atoms with Crippen LogP contribution in [0.1, 0.15) is 56.2 Å². The Morgan fingerprint density at radius 3 is 2.53 bits per heavy atom. The average molecular weight is 436 g/mol. The minimum absolute atomic E-state index is 0.150. The van der Waals surface area contributed by atoms with Crippen molar-refractivity contribution >= 4 is 16.7 Å². The summed E-state index contributed by atoms with van der Waals surface area (Å²) in [5, 5.41) is 5.43. The molecule has 1 saturated carbocycles. The molecule has 1 aliphatic carbocycles. The molecule has 0 spiro atoms. The molecule has 0 bridgehead atoms. The van der Waals surface area contributed by atoms with E-state index in [0.29, 0.717) is 24.0 Å². The number of halogens is 1. The highest BCUT2D eigenvalue weighted by Crippen LogP contribution is 2.36. The highest BCUT2D eigenvalue weighted by atomic mass is 19.1. The van der Waals surface area contributed by atoms with E-state index in [1.165, 1.54) is 12.5 Å². The van der Waals surface area contributed by atoms with Gasteiger partial charge in [-0.15, -0.1) is 0 Å². The predicted molar refractivity (Wildman–Crippen MR) is 124 cm³/mol. The van der Waals surface area contributed by atoms with E-state index >= 15 is 0 Å². The van der Waals surface area contributed by atoms with Crippen LogP contribution in [-0.2, 0) is 9.53 Å². The lowest BCUT2D eigenvalue weighted by atomic mass is 9.96. The van der Waals surface area contributed by atoms with Crippen molar-refractivity contribution < 1.29 is 18.7 Å². The van der Waals surface area contributed by atoms with Crippen LogP contribution in [0.15, 0.2) is 60.7 Å². The number of rotatable bonds is 8. The quantitative estimate of drug-likeness (QED) is 0.353. The van der Waals surface area contributed by atoms with Gasteiger partial charge in [0.25, 0.3) is 0 Å². The number of nitrogens with one attached hydrogen (secondary N) is 1. The lowest BCUT2D eigenvalue weighted by Crippen LogP contribution is -2.29. The third-order valence-corrected chi connectivity index (χ3v) is 6.30. The van der Waals surface area contributed by atoms with Crippen LogP contribution < -0.4 is 10.1 Å². The molecule has 0 radical (unpaired) electrons. The molecule has 3 aromatic rings. The van der Waals surface area contributed by atoms with E-state index in [0.717, 1.165) is 36.0 Å². The van der Waals surface area contributed by atoms with Crippen LogP contribution in [0, 0.1) is 5.82 Å². The molecule has 1 aliphatic rings. The van der Waals surface area contributed by atoms with Crippen molar-refractivity contribution in [2.45, 2.75) is 51.1 Å². The van der Waals surface area contributed by atoms with E-state index in [1.807, 2.05) is 42.5 Å². The Balaban J connectivity index is 1.33. The van der Waals surface area contributed by atoms with Gasteiger partial charge < -0.3 is 14.8 Å². The van der Waals surface area contributed by atoms with E-state index in [4.69, 9.17) is 9.47 Å². The summed E-state index contributed by atoms with van der Waals surface area (Å²) in [6, 6.07) is 20.0. The molecule has 0 saturated heterocycles. The monoisotopic (exact) mass is 435 g/mol. The minimum Gasteiger partial charge on any atom is -0.490 e. The number of hydrogen-bond donors (Lipinski definition) is 1. The van der Waals surface area contributed by atoms with Gasteiger partial charge in [-0.05, 0) is 66.8 Å². The van der Waals surface area contributed by atoms with Crippen LogP contribution in [0.2, 0.25) is 0 Å². The van der Waals surface area contributed by atoms with E-state index in [-0.39, 0.29) is 24.4 Å². The van der Waals surface area contributed by atoms with Crippen molar-refractivity contribution in [2.75, 3.05) is 13.2 Å². The molecule has 1 N–H and O–H groups in total. The van der Waals surface area contributed by atoms with Gasteiger partial charge in [-0.25, -0.2) is 4.39 Å². The second-order valence-electron chi connectivity index (χ2n) is 8.53. The predicted octanol–water partition coefficient (Wildman–Crippen LogP) is 5.91. The first-order chi connectivity index (χ1) is 15.5. The normalized spacial score (nSPS) is 19.1. The number of fused-ring (bicyclic) bond motifs is 1. The molecule has 5 heteroatoms. The van der Waals surface area contributed by atoms with Crippen LogP contribution in [0.4, 0.5) is 4.39 Å². The number of carbonyl (C=O) groups excluding carboxylic acids is 1. The number of esters is 1. The molecule has 0 amide bonds. The standard InChI is InChI=1S/C27H30FNO3/c1-18(24-13-14-27(28)26-6-4-3-5-25(24)26)29-22-10-7-21(17-22)20-8-11-23(12-9-20)32-16-15-31-19(2)30/h3-6,8-9,11-14,18,21-22,29H,7,10,15-17H2,1-2H3/t18-,21-,22+/m1/s1.